The van der Waals surface area contributed by atoms with Crippen molar-refractivity contribution in [2.24, 2.45) is 0 Å². The molecule has 0 saturated heterocycles. The zero-order valence-corrected chi connectivity index (χ0v) is 9.78. The molecule has 7 heteroatoms. The van der Waals surface area contributed by atoms with E-state index in [1.54, 1.807) is 0 Å². The zero-order chi connectivity index (χ0) is 13.3. The lowest BCUT2D eigenvalue weighted by molar-refractivity contribution is 0.0487. The van der Waals surface area contributed by atoms with Gasteiger partial charge in [-0.2, -0.15) is 18.6 Å². The molecule has 0 unspecified atom stereocenters. The first-order valence-electron chi connectivity index (χ1n) is 5.15. The van der Waals surface area contributed by atoms with Crippen molar-refractivity contribution in [1.29, 1.82) is 0 Å². The summed E-state index contributed by atoms with van der Waals surface area (Å²) < 4.78 is 30.8. The van der Waals surface area contributed by atoms with Gasteiger partial charge in [0.2, 0.25) is 5.88 Å². The van der Waals surface area contributed by atoms with E-state index in [0.29, 0.717) is 21.1 Å². The summed E-state index contributed by atoms with van der Waals surface area (Å²) in [7, 11) is 2.77. The largest absolute Gasteiger partial charge is 0.481 e. The SMILES string of the molecule is CNC(=O)c1ccc2nn(C(F)F)c(OC)c2c1. The fourth-order valence-electron chi connectivity index (χ4n) is 1.70. The predicted molar refractivity (Wildman–Crippen MR) is 60.9 cm³/mol. The van der Waals surface area contributed by atoms with E-state index < -0.39 is 6.55 Å². The van der Waals surface area contributed by atoms with Crippen LogP contribution in [-0.2, 0) is 0 Å². The van der Waals surface area contributed by atoms with Crippen LogP contribution in [0.3, 0.4) is 0 Å². The number of nitrogens with zero attached hydrogens (tertiary/aromatic N) is 2. The molecule has 1 aromatic carbocycles. The Morgan fingerprint density at radius 2 is 2.22 bits per heavy atom. The number of halogens is 2. The van der Waals surface area contributed by atoms with E-state index in [-0.39, 0.29) is 11.8 Å². The van der Waals surface area contributed by atoms with Crippen LogP contribution in [0.25, 0.3) is 10.9 Å². The van der Waals surface area contributed by atoms with E-state index in [9.17, 15) is 13.6 Å². The highest BCUT2D eigenvalue weighted by Crippen LogP contribution is 2.30. The summed E-state index contributed by atoms with van der Waals surface area (Å²) in [6, 6.07) is 4.49. The average molecular weight is 255 g/mol. The summed E-state index contributed by atoms with van der Waals surface area (Å²) in [4.78, 5) is 11.5. The lowest BCUT2D eigenvalue weighted by Crippen LogP contribution is -2.17. The first-order valence-corrected chi connectivity index (χ1v) is 5.15. The second-order valence-corrected chi connectivity index (χ2v) is 3.54. The van der Waals surface area contributed by atoms with Crippen LogP contribution in [0.5, 0.6) is 5.88 Å². The Bertz CT molecular complexity index is 595. The molecular formula is C11H11F2N3O2. The highest BCUT2D eigenvalue weighted by molar-refractivity contribution is 5.98. The van der Waals surface area contributed by atoms with Crippen LogP contribution < -0.4 is 10.1 Å². The van der Waals surface area contributed by atoms with Crippen molar-refractivity contribution in [3.05, 3.63) is 23.8 Å². The second-order valence-electron chi connectivity index (χ2n) is 3.54. The molecule has 1 aromatic heterocycles. The van der Waals surface area contributed by atoms with Crippen molar-refractivity contribution in [2.45, 2.75) is 6.55 Å². The number of hydrogen-bond donors (Lipinski definition) is 1. The van der Waals surface area contributed by atoms with Crippen molar-refractivity contribution >= 4 is 16.8 Å². The van der Waals surface area contributed by atoms with Crippen LogP contribution in [0.1, 0.15) is 16.9 Å². The Hall–Kier alpha value is -2.18. The molecule has 1 N–H and O–H groups in total. The quantitative estimate of drug-likeness (QED) is 0.909. The number of nitrogens with one attached hydrogen (secondary N) is 1. The normalized spacial score (nSPS) is 10.9. The van der Waals surface area contributed by atoms with E-state index in [0.717, 1.165) is 0 Å². The van der Waals surface area contributed by atoms with Gasteiger partial charge in [-0.25, -0.2) is 0 Å². The van der Waals surface area contributed by atoms with Gasteiger partial charge in [0, 0.05) is 12.6 Å². The molecule has 1 heterocycles. The molecule has 0 atom stereocenters. The monoisotopic (exact) mass is 255 g/mol. The Balaban J connectivity index is 2.64. The van der Waals surface area contributed by atoms with Crippen LogP contribution in [0.2, 0.25) is 0 Å². The third kappa shape index (κ3) is 1.87. The summed E-state index contributed by atoms with van der Waals surface area (Å²) in [5.41, 5.74) is 0.705. The third-order valence-corrected chi connectivity index (χ3v) is 2.52. The number of aromatic nitrogens is 2. The Morgan fingerprint density at radius 3 is 2.78 bits per heavy atom. The summed E-state index contributed by atoms with van der Waals surface area (Å²) in [5.74, 6) is -0.366. The maximum atomic E-state index is 12.7. The first-order chi connectivity index (χ1) is 8.58. The number of benzene rings is 1. The predicted octanol–water partition coefficient (Wildman–Crippen LogP) is 1.80. The number of ether oxygens (including phenoxy) is 1. The highest BCUT2D eigenvalue weighted by atomic mass is 19.3. The summed E-state index contributed by atoms with van der Waals surface area (Å²) in [5, 5.41) is 6.55. The fraction of sp³-hybridized carbons (Fsp3) is 0.273. The van der Waals surface area contributed by atoms with Gasteiger partial charge in [0.15, 0.2) is 0 Å². The topological polar surface area (TPSA) is 56.2 Å². The molecule has 2 aromatic rings. The molecule has 96 valence electrons. The molecular weight excluding hydrogens is 244 g/mol. The summed E-state index contributed by atoms with van der Waals surface area (Å²) in [6.45, 7) is -2.80. The molecule has 0 fully saturated rings. The standard InChI is InChI=1S/C11H11F2N3O2/c1-14-9(17)6-3-4-8-7(5-6)10(18-2)16(15-8)11(12)13/h3-5,11H,1-2H3,(H,14,17). The molecule has 1 amide bonds. The van der Waals surface area contributed by atoms with Gasteiger partial charge in [0.1, 0.15) is 0 Å². The molecule has 18 heavy (non-hydrogen) atoms. The van der Waals surface area contributed by atoms with Gasteiger partial charge in [-0.05, 0) is 18.2 Å². The van der Waals surface area contributed by atoms with Gasteiger partial charge in [0.05, 0.1) is 18.0 Å². The zero-order valence-electron chi connectivity index (χ0n) is 9.78. The number of carbonyl (C=O) groups is 1. The summed E-state index contributed by atoms with van der Waals surface area (Å²) >= 11 is 0. The van der Waals surface area contributed by atoms with Crippen molar-refractivity contribution in [3.63, 3.8) is 0 Å². The highest BCUT2D eigenvalue weighted by Gasteiger charge is 2.19. The van der Waals surface area contributed by atoms with Gasteiger partial charge in [-0.3, -0.25) is 4.79 Å². The fourth-order valence-corrected chi connectivity index (χ4v) is 1.70. The number of carbonyl (C=O) groups excluding carboxylic acids is 1. The summed E-state index contributed by atoms with van der Waals surface area (Å²) in [6.07, 6.45) is 0. The lowest BCUT2D eigenvalue weighted by Gasteiger charge is -2.04. The Labute approximate surface area is 101 Å². The Morgan fingerprint density at radius 1 is 1.50 bits per heavy atom. The number of amides is 1. The number of alkyl halides is 2. The number of fused-ring (bicyclic) bond motifs is 1. The van der Waals surface area contributed by atoms with Crippen LogP contribution in [0, 0.1) is 0 Å². The first kappa shape index (κ1) is 12.3. The van der Waals surface area contributed by atoms with E-state index >= 15 is 0 Å². The number of rotatable bonds is 3. The smallest absolute Gasteiger partial charge is 0.336 e. The van der Waals surface area contributed by atoms with Gasteiger partial charge in [-0.1, -0.05) is 0 Å². The average Bonchev–Trinajstić information content (AvgIpc) is 2.75. The van der Waals surface area contributed by atoms with E-state index in [2.05, 4.69) is 10.4 Å². The van der Waals surface area contributed by atoms with Crippen molar-refractivity contribution in [3.8, 4) is 5.88 Å². The van der Waals surface area contributed by atoms with Crippen LogP contribution in [-0.4, -0.2) is 29.8 Å². The minimum absolute atomic E-state index is 0.0641. The minimum atomic E-state index is -2.80. The van der Waals surface area contributed by atoms with E-state index in [4.69, 9.17) is 4.74 Å². The number of methoxy groups -OCH3 is 1. The molecule has 0 bridgehead atoms. The van der Waals surface area contributed by atoms with E-state index in [1.807, 2.05) is 0 Å². The van der Waals surface area contributed by atoms with Crippen LogP contribution >= 0.6 is 0 Å². The maximum absolute atomic E-state index is 12.7. The lowest BCUT2D eigenvalue weighted by atomic mass is 10.1. The molecule has 2 rings (SSSR count). The molecule has 5 nitrogen and oxygen atoms in total. The molecule has 0 radical (unpaired) electrons. The third-order valence-electron chi connectivity index (χ3n) is 2.52. The molecule has 0 spiro atoms. The van der Waals surface area contributed by atoms with Crippen molar-refractivity contribution in [1.82, 2.24) is 15.1 Å². The van der Waals surface area contributed by atoms with Crippen LogP contribution in [0.15, 0.2) is 18.2 Å². The maximum Gasteiger partial charge on any atom is 0.336 e. The van der Waals surface area contributed by atoms with Crippen molar-refractivity contribution in [2.75, 3.05) is 14.2 Å². The minimum Gasteiger partial charge on any atom is -0.481 e. The van der Waals surface area contributed by atoms with Crippen molar-refractivity contribution < 1.29 is 18.3 Å². The molecule has 0 aliphatic carbocycles. The molecule has 0 saturated carbocycles. The Kier molecular flexibility index (Phi) is 3.14. The molecule has 0 aliphatic heterocycles. The van der Waals surface area contributed by atoms with Gasteiger partial charge >= 0.3 is 6.55 Å². The van der Waals surface area contributed by atoms with Gasteiger partial charge < -0.3 is 10.1 Å². The molecule has 0 aliphatic rings. The number of hydrogen-bond acceptors (Lipinski definition) is 3. The second kappa shape index (κ2) is 4.59. The van der Waals surface area contributed by atoms with Gasteiger partial charge in [0.25, 0.3) is 5.91 Å². The van der Waals surface area contributed by atoms with E-state index in [1.165, 1.54) is 32.4 Å². The van der Waals surface area contributed by atoms with Crippen LogP contribution in [0.4, 0.5) is 8.78 Å². The van der Waals surface area contributed by atoms with Gasteiger partial charge in [-0.15, -0.1) is 0 Å².